The van der Waals surface area contributed by atoms with Gasteiger partial charge in [-0.1, -0.05) is 107 Å². The third-order valence-electron chi connectivity index (χ3n) is 8.26. The van der Waals surface area contributed by atoms with Crippen molar-refractivity contribution in [1.82, 2.24) is 0 Å². The van der Waals surface area contributed by atoms with Crippen LogP contribution in [0.3, 0.4) is 0 Å². The van der Waals surface area contributed by atoms with E-state index in [2.05, 4.69) is 103 Å². The molecule has 6 nitrogen and oxygen atoms in total. The number of hydrogen-bond acceptors (Lipinski definition) is 6. The van der Waals surface area contributed by atoms with Crippen molar-refractivity contribution < 1.29 is 14.3 Å². The van der Waals surface area contributed by atoms with Gasteiger partial charge >= 0.3 is 5.97 Å². The second-order valence-corrected chi connectivity index (χ2v) is 12.3. The van der Waals surface area contributed by atoms with Crippen molar-refractivity contribution in [3.63, 3.8) is 0 Å². The van der Waals surface area contributed by atoms with Crippen molar-refractivity contribution in [3.8, 4) is 5.75 Å². The first-order chi connectivity index (χ1) is 22.9. The van der Waals surface area contributed by atoms with E-state index in [4.69, 9.17) is 9.47 Å². The molecule has 0 bridgehead atoms. The Balaban J connectivity index is 1.16. The molecule has 0 fully saturated rings. The highest BCUT2D eigenvalue weighted by molar-refractivity contribution is 6.00. The molecule has 0 aromatic heterocycles. The van der Waals surface area contributed by atoms with Crippen LogP contribution in [0.25, 0.3) is 10.8 Å². The zero-order chi connectivity index (χ0) is 33.3. The minimum Gasteiger partial charge on any atom is -0.494 e. The van der Waals surface area contributed by atoms with Gasteiger partial charge in [-0.3, -0.25) is 0 Å². The Hall–Kier alpha value is -4.45. The number of carbonyl (C=O) groups excluding carboxylic acids is 1. The number of fused-ring (bicyclic) bond motifs is 1. The molecule has 1 N–H and O–H groups in total. The predicted molar refractivity (Wildman–Crippen MR) is 195 cm³/mol. The summed E-state index contributed by atoms with van der Waals surface area (Å²) >= 11 is 0. The predicted octanol–water partition coefficient (Wildman–Crippen LogP) is 11.7. The SMILES string of the molecule is C=C(C)C(=O)OCCCCCCCCCCOc1ccc(CNc2ccc(N=Nc3ccc(CCC)cc3C)c3ccccc23)cc1. The van der Waals surface area contributed by atoms with Gasteiger partial charge in [0.05, 0.1) is 24.6 Å². The van der Waals surface area contributed by atoms with E-state index >= 15 is 0 Å². The summed E-state index contributed by atoms with van der Waals surface area (Å²) in [4.78, 5) is 11.4. The molecule has 4 rings (SSSR count). The van der Waals surface area contributed by atoms with Crippen molar-refractivity contribution in [3.05, 3.63) is 108 Å². The smallest absolute Gasteiger partial charge is 0.333 e. The van der Waals surface area contributed by atoms with E-state index < -0.39 is 0 Å². The Bertz CT molecular complexity index is 1610. The van der Waals surface area contributed by atoms with Gasteiger partial charge in [-0.2, -0.15) is 5.11 Å². The number of benzene rings is 4. The number of ether oxygens (including phenoxy) is 2. The standard InChI is InChI=1S/C41H51N3O3/c1-5-16-33-21-24-38(32(4)29-33)43-44-40-26-25-39(36-17-12-13-18-37(36)40)42-30-34-19-22-35(23-20-34)46-27-14-10-8-6-7-9-11-15-28-47-41(45)31(2)3/h12-13,17-26,29,42H,2,5-11,14-16,27-28,30H2,1,3-4H3. The normalized spacial score (nSPS) is 11.2. The van der Waals surface area contributed by atoms with E-state index in [9.17, 15) is 4.79 Å². The average molecular weight is 634 g/mol. The third-order valence-corrected chi connectivity index (χ3v) is 8.26. The molecule has 0 saturated heterocycles. The van der Waals surface area contributed by atoms with Gasteiger partial charge in [0.2, 0.25) is 0 Å². The fourth-order valence-corrected chi connectivity index (χ4v) is 5.55. The van der Waals surface area contributed by atoms with Crippen molar-refractivity contribution >= 4 is 33.8 Å². The second kappa shape index (κ2) is 19.3. The van der Waals surface area contributed by atoms with Crippen LogP contribution < -0.4 is 10.1 Å². The van der Waals surface area contributed by atoms with Crippen LogP contribution in [0.4, 0.5) is 17.1 Å². The lowest BCUT2D eigenvalue weighted by Crippen LogP contribution is -2.05. The third kappa shape index (κ3) is 11.7. The van der Waals surface area contributed by atoms with Gasteiger partial charge in [0.1, 0.15) is 5.75 Å². The summed E-state index contributed by atoms with van der Waals surface area (Å²) in [7, 11) is 0. The quantitative estimate of drug-likeness (QED) is 0.0455. The number of unbranched alkanes of at least 4 members (excludes halogenated alkanes) is 7. The molecule has 0 heterocycles. The molecular formula is C41H51N3O3. The van der Waals surface area contributed by atoms with Crippen molar-refractivity contribution in [1.29, 1.82) is 0 Å². The zero-order valence-electron chi connectivity index (χ0n) is 28.5. The number of anilines is 1. The first-order valence-corrected chi connectivity index (χ1v) is 17.3. The van der Waals surface area contributed by atoms with Crippen molar-refractivity contribution in [2.75, 3.05) is 18.5 Å². The van der Waals surface area contributed by atoms with Gasteiger partial charge in [0.25, 0.3) is 0 Å². The fourth-order valence-electron chi connectivity index (χ4n) is 5.55. The Morgan fingerprint density at radius 1 is 0.745 bits per heavy atom. The van der Waals surface area contributed by atoms with Crippen LogP contribution in [-0.2, 0) is 22.5 Å². The molecule has 0 radical (unpaired) electrons. The van der Waals surface area contributed by atoms with Crippen LogP contribution >= 0.6 is 0 Å². The van der Waals surface area contributed by atoms with Crippen LogP contribution in [0, 0.1) is 6.92 Å². The maximum atomic E-state index is 11.4. The molecule has 47 heavy (non-hydrogen) atoms. The minimum absolute atomic E-state index is 0.286. The lowest BCUT2D eigenvalue weighted by atomic mass is 10.1. The Kier molecular flexibility index (Phi) is 14.5. The van der Waals surface area contributed by atoms with Gasteiger partial charge in [0, 0.05) is 28.6 Å². The van der Waals surface area contributed by atoms with Gasteiger partial charge in [-0.15, -0.1) is 5.11 Å². The highest BCUT2D eigenvalue weighted by atomic mass is 16.5. The number of hydrogen-bond donors (Lipinski definition) is 1. The second-order valence-electron chi connectivity index (χ2n) is 12.3. The highest BCUT2D eigenvalue weighted by Gasteiger charge is 2.07. The molecule has 0 atom stereocenters. The molecule has 0 amide bonds. The molecule has 0 aliphatic carbocycles. The fraction of sp³-hybridized carbons (Fsp3) is 0.390. The molecule has 0 unspecified atom stereocenters. The van der Waals surface area contributed by atoms with Crippen LogP contribution in [0.15, 0.2) is 101 Å². The van der Waals surface area contributed by atoms with Crippen molar-refractivity contribution in [2.24, 2.45) is 10.2 Å². The molecule has 0 aliphatic rings. The molecule has 0 saturated carbocycles. The molecule has 248 valence electrons. The van der Waals surface area contributed by atoms with Crippen molar-refractivity contribution in [2.45, 2.75) is 91.5 Å². The molecule has 4 aromatic carbocycles. The van der Waals surface area contributed by atoms with Gasteiger partial charge in [-0.05, 0) is 80.1 Å². The summed E-state index contributed by atoms with van der Waals surface area (Å²) in [5, 5.41) is 15.1. The zero-order valence-corrected chi connectivity index (χ0v) is 28.5. The largest absolute Gasteiger partial charge is 0.494 e. The molecule has 0 spiro atoms. The summed E-state index contributed by atoms with van der Waals surface area (Å²) in [5.74, 6) is 0.627. The van der Waals surface area contributed by atoms with Gasteiger partial charge in [0.15, 0.2) is 0 Å². The molecular weight excluding hydrogens is 582 g/mol. The number of aryl methyl sites for hydroxylation is 2. The van der Waals surface area contributed by atoms with Crippen LogP contribution in [0.5, 0.6) is 5.75 Å². The lowest BCUT2D eigenvalue weighted by Gasteiger charge is -2.12. The topological polar surface area (TPSA) is 72.3 Å². The Labute approximate surface area is 281 Å². The maximum Gasteiger partial charge on any atom is 0.333 e. The number of nitrogens with zero attached hydrogens (tertiary/aromatic N) is 2. The Morgan fingerprint density at radius 3 is 2.04 bits per heavy atom. The van der Waals surface area contributed by atoms with Crippen LogP contribution in [0.1, 0.15) is 88.3 Å². The van der Waals surface area contributed by atoms with Gasteiger partial charge < -0.3 is 14.8 Å². The number of rotatable bonds is 20. The summed E-state index contributed by atoms with van der Waals surface area (Å²) in [6.45, 7) is 11.5. The van der Waals surface area contributed by atoms with E-state index in [-0.39, 0.29) is 5.97 Å². The summed E-state index contributed by atoms with van der Waals surface area (Å²) < 4.78 is 11.1. The van der Waals surface area contributed by atoms with Crippen LogP contribution in [0.2, 0.25) is 0 Å². The molecule has 4 aromatic rings. The number of esters is 1. The number of nitrogens with one attached hydrogen (secondary N) is 1. The first kappa shape index (κ1) is 35.4. The maximum absolute atomic E-state index is 11.4. The van der Waals surface area contributed by atoms with Crippen LogP contribution in [-0.4, -0.2) is 19.2 Å². The first-order valence-electron chi connectivity index (χ1n) is 17.3. The minimum atomic E-state index is -0.286. The Morgan fingerprint density at radius 2 is 1.36 bits per heavy atom. The van der Waals surface area contributed by atoms with E-state index in [1.165, 1.54) is 43.2 Å². The van der Waals surface area contributed by atoms with E-state index in [0.717, 1.165) is 77.9 Å². The summed E-state index contributed by atoms with van der Waals surface area (Å²) in [6.07, 6.45) is 11.4. The molecule has 6 heteroatoms. The lowest BCUT2D eigenvalue weighted by molar-refractivity contribution is -0.139. The van der Waals surface area contributed by atoms with Gasteiger partial charge in [-0.25, -0.2) is 4.79 Å². The van der Waals surface area contributed by atoms with E-state index in [1.807, 2.05) is 12.1 Å². The monoisotopic (exact) mass is 633 g/mol. The average Bonchev–Trinajstić information content (AvgIpc) is 3.08. The summed E-state index contributed by atoms with van der Waals surface area (Å²) in [5.41, 5.74) is 6.99. The summed E-state index contributed by atoms with van der Waals surface area (Å²) in [6, 6.07) is 27.3. The van der Waals surface area contributed by atoms with E-state index in [1.54, 1.807) is 6.92 Å². The number of azo groups is 1. The van der Waals surface area contributed by atoms with E-state index in [0.29, 0.717) is 18.7 Å². The molecule has 0 aliphatic heterocycles. The highest BCUT2D eigenvalue weighted by Crippen LogP contribution is 2.34. The number of carbonyl (C=O) groups is 1.